The minimum absolute atomic E-state index is 0.171. The number of carbonyl (C=O) groups is 2. The summed E-state index contributed by atoms with van der Waals surface area (Å²) < 4.78 is 6.46. The van der Waals surface area contributed by atoms with Crippen LogP contribution in [-0.2, 0) is 16.1 Å². The fourth-order valence-electron chi connectivity index (χ4n) is 2.82. The van der Waals surface area contributed by atoms with Gasteiger partial charge in [-0.25, -0.2) is 4.79 Å². The van der Waals surface area contributed by atoms with E-state index < -0.39 is 12.1 Å². The van der Waals surface area contributed by atoms with Gasteiger partial charge in [-0.3, -0.25) is 9.69 Å². The quantitative estimate of drug-likeness (QED) is 0.716. The molecule has 5 nitrogen and oxygen atoms in total. The van der Waals surface area contributed by atoms with Crippen LogP contribution in [-0.4, -0.2) is 29.5 Å². The Morgan fingerprint density at radius 3 is 2.56 bits per heavy atom. The maximum absolute atomic E-state index is 12.5. The number of anilines is 1. The van der Waals surface area contributed by atoms with Gasteiger partial charge < -0.3 is 10.1 Å². The first-order valence-corrected chi connectivity index (χ1v) is 9.25. The second-order valence-electron chi connectivity index (χ2n) is 5.89. The largest absolute Gasteiger partial charge is 0.445 e. The van der Waals surface area contributed by atoms with Crippen molar-refractivity contribution < 1.29 is 14.3 Å². The van der Waals surface area contributed by atoms with E-state index in [1.807, 2.05) is 54.6 Å². The van der Waals surface area contributed by atoms with Gasteiger partial charge in [0.1, 0.15) is 12.6 Å². The van der Waals surface area contributed by atoms with Crippen LogP contribution in [0.2, 0.25) is 0 Å². The van der Waals surface area contributed by atoms with Crippen molar-refractivity contribution >= 4 is 40.3 Å². The zero-order valence-corrected chi connectivity index (χ0v) is 15.8. The average molecular weight is 450 g/mol. The summed E-state index contributed by atoms with van der Waals surface area (Å²) >= 11 is 2.21. The summed E-state index contributed by atoms with van der Waals surface area (Å²) in [4.78, 5) is 26.4. The number of nitrogens with zero attached hydrogens (tertiary/aromatic N) is 1. The molecule has 1 saturated heterocycles. The van der Waals surface area contributed by atoms with E-state index in [2.05, 4.69) is 27.9 Å². The van der Waals surface area contributed by atoms with Gasteiger partial charge in [-0.1, -0.05) is 30.3 Å². The predicted molar refractivity (Wildman–Crippen MR) is 104 cm³/mol. The van der Waals surface area contributed by atoms with E-state index in [1.54, 1.807) is 0 Å². The van der Waals surface area contributed by atoms with Crippen molar-refractivity contribution in [2.75, 3.05) is 11.9 Å². The van der Waals surface area contributed by atoms with Gasteiger partial charge in [-0.15, -0.1) is 0 Å². The molecule has 1 N–H and O–H groups in total. The minimum atomic E-state index is -0.484. The molecule has 0 bridgehead atoms. The molecule has 6 heteroatoms. The molecule has 0 aliphatic carbocycles. The highest BCUT2D eigenvalue weighted by Gasteiger charge is 2.35. The second-order valence-corrected chi connectivity index (χ2v) is 7.13. The topological polar surface area (TPSA) is 58.6 Å². The first-order chi connectivity index (χ1) is 12.1. The van der Waals surface area contributed by atoms with E-state index in [0.717, 1.165) is 21.2 Å². The molecule has 2 amide bonds. The van der Waals surface area contributed by atoms with E-state index in [4.69, 9.17) is 4.74 Å². The number of rotatable bonds is 4. The first kappa shape index (κ1) is 17.7. The molecule has 1 heterocycles. The Balaban J connectivity index is 1.58. The molecule has 1 atom stereocenters. The fraction of sp³-hybridized carbons (Fsp3) is 0.263. The van der Waals surface area contributed by atoms with Crippen LogP contribution < -0.4 is 5.32 Å². The first-order valence-electron chi connectivity index (χ1n) is 8.17. The highest BCUT2D eigenvalue weighted by Crippen LogP contribution is 2.21. The molecule has 1 fully saturated rings. The SMILES string of the molecule is O=C(Nc1ccc(I)cc1)C1CCCN1C(=O)OCc1ccccc1. The van der Waals surface area contributed by atoms with Crippen LogP contribution in [0.3, 0.4) is 0 Å². The van der Waals surface area contributed by atoms with Crippen molar-refractivity contribution in [3.63, 3.8) is 0 Å². The van der Waals surface area contributed by atoms with Crippen molar-refractivity contribution in [3.05, 3.63) is 63.7 Å². The van der Waals surface area contributed by atoms with Crippen molar-refractivity contribution in [2.45, 2.75) is 25.5 Å². The minimum Gasteiger partial charge on any atom is -0.445 e. The smallest absolute Gasteiger partial charge is 0.410 e. The lowest BCUT2D eigenvalue weighted by Gasteiger charge is -2.23. The van der Waals surface area contributed by atoms with Gasteiger partial charge in [0.25, 0.3) is 0 Å². The lowest BCUT2D eigenvalue weighted by molar-refractivity contribution is -0.120. The summed E-state index contributed by atoms with van der Waals surface area (Å²) in [6, 6.07) is 16.6. The summed E-state index contributed by atoms with van der Waals surface area (Å²) in [5, 5.41) is 2.88. The maximum Gasteiger partial charge on any atom is 0.410 e. The molecule has 0 saturated carbocycles. The molecule has 2 aromatic rings. The summed E-state index contributed by atoms with van der Waals surface area (Å²) in [6.07, 6.45) is 1.01. The number of benzene rings is 2. The predicted octanol–water partition coefficient (Wildman–Crippen LogP) is 4.03. The molecule has 0 spiro atoms. The third-order valence-electron chi connectivity index (χ3n) is 4.11. The lowest BCUT2D eigenvalue weighted by atomic mass is 10.2. The molecule has 1 aliphatic rings. The zero-order valence-electron chi connectivity index (χ0n) is 13.7. The van der Waals surface area contributed by atoms with Crippen molar-refractivity contribution in [1.82, 2.24) is 4.90 Å². The third kappa shape index (κ3) is 4.72. The number of hydrogen-bond donors (Lipinski definition) is 1. The Labute approximate surface area is 160 Å². The maximum atomic E-state index is 12.5. The number of amides is 2. The van der Waals surface area contributed by atoms with E-state index >= 15 is 0 Å². The van der Waals surface area contributed by atoms with E-state index in [0.29, 0.717) is 13.0 Å². The Hall–Kier alpha value is -2.09. The fourth-order valence-corrected chi connectivity index (χ4v) is 3.18. The van der Waals surface area contributed by atoms with Crippen molar-refractivity contribution in [2.24, 2.45) is 0 Å². The van der Waals surface area contributed by atoms with Crippen LogP contribution >= 0.6 is 22.6 Å². The van der Waals surface area contributed by atoms with Crippen LogP contribution in [0.15, 0.2) is 54.6 Å². The highest BCUT2D eigenvalue weighted by molar-refractivity contribution is 14.1. The van der Waals surface area contributed by atoms with Crippen LogP contribution in [0, 0.1) is 3.57 Å². The number of ether oxygens (including phenoxy) is 1. The number of nitrogens with one attached hydrogen (secondary N) is 1. The number of likely N-dealkylation sites (tertiary alicyclic amines) is 1. The van der Waals surface area contributed by atoms with Crippen LogP contribution in [0.1, 0.15) is 18.4 Å². The van der Waals surface area contributed by atoms with Crippen LogP contribution in [0.25, 0.3) is 0 Å². The summed E-state index contributed by atoms with van der Waals surface area (Å²) in [6.45, 7) is 0.750. The second kappa shape index (κ2) is 8.33. The molecule has 1 aliphatic heterocycles. The molecule has 1 unspecified atom stereocenters. The number of hydrogen-bond acceptors (Lipinski definition) is 3. The monoisotopic (exact) mass is 450 g/mol. The van der Waals surface area contributed by atoms with Gasteiger partial charge in [0.2, 0.25) is 5.91 Å². The van der Waals surface area contributed by atoms with Gasteiger partial charge in [0.05, 0.1) is 0 Å². The number of halogens is 1. The van der Waals surface area contributed by atoms with Gasteiger partial charge in [-0.2, -0.15) is 0 Å². The molecule has 2 aromatic carbocycles. The van der Waals surface area contributed by atoms with E-state index in [-0.39, 0.29) is 12.5 Å². The summed E-state index contributed by atoms with van der Waals surface area (Å²) in [7, 11) is 0. The third-order valence-corrected chi connectivity index (χ3v) is 4.83. The lowest BCUT2D eigenvalue weighted by Crippen LogP contribution is -2.43. The molecular weight excluding hydrogens is 431 g/mol. The normalized spacial score (nSPS) is 16.5. The Morgan fingerprint density at radius 2 is 1.84 bits per heavy atom. The summed E-state index contributed by atoms with van der Waals surface area (Å²) in [5.74, 6) is -0.171. The van der Waals surface area contributed by atoms with Gasteiger partial charge in [-0.05, 0) is 65.3 Å². The Bertz CT molecular complexity index is 734. The standard InChI is InChI=1S/C19H19IN2O3/c20-15-8-10-16(11-9-15)21-18(23)17-7-4-12-22(17)19(24)25-13-14-5-2-1-3-6-14/h1-3,5-6,8-11,17H,4,7,12-13H2,(H,21,23). The van der Waals surface area contributed by atoms with Gasteiger partial charge in [0.15, 0.2) is 0 Å². The van der Waals surface area contributed by atoms with E-state index in [9.17, 15) is 9.59 Å². The van der Waals surface area contributed by atoms with Crippen LogP contribution in [0.5, 0.6) is 0 Å². The molecular formula is C19H19IN2O3. The van der Waals surface area contributed by atoms with Gasteiger partial charge in [0, 0.05) is 15.8 Å². The molecule has 0 radical (unpaired) electrons. The average Bonchev–Trinajstić information content (AvgIpc) is 3.12. The Kier molecular flexibility index (Phi) is 5.91. The van der Waals surface area contributed by atoms with Gasteiger partial charge >= 0.3 is 6.09 Å². The van der Waals surface area contributed by atoms with Crippen molar-refractivity contribution in [1.29, 1.82) is 0 Å². The van der Waals surface area contributed by atoms with Crippen molar-refractivity contribution in [3.8, 4) is 0 Å². The Morgan fingerprint density at radius 1 is 1.12 bits per heavy atom. The summed E-state index contributed by atoms with van der Waals surface area (Å²) in [5.41, 5.74) is 1.66. The molecule has 3 rings (SSSR count). The molecule has 0 aromatic heterocycles. The molecule has 25 heavy (non-hydrogen) atoms. The zero-order chi connectivity index (χ0) is 17.6. The van der Waals surface area contributed by atoms with E-state index in [1.165, 1.54) is 4.90 Å². The van der Waals surface area contributed by atoms with Crippen LogP contribution in [0.4, 0.5) is 10.5 Å². The molecule has 130 valence electrons. The highest BCUT2D eigenvalue weighted by atomic mass is 127. The number of carbonyl (C=O) groups excluding carboxylic acids is 2.